The van der Waals surface area contributed by atoms with E-state index in [1.807, 2.05) is 0 Å². The summed E-state index contributed by atoms with van der Waals surface area (Å²) in [6, 6.07) is -5.12. The van der Waals surface area contributed by atoms with Gasteiger partial charge in [0.05, 0.1) is 6.04 Å². The molecule has 0 spiro atoms. The van der Waals surface area contributed by atoms with Gasteiger partial charge >= 0.3 is 11.9 Å². The number of hydrogen-bond acceptors (Lipinski definition) is 9. The van der Waals surface area contributed by atoms with Crippen LogP contribution >= 0.6 is 25.3 Å². The lowest BCUT2D eigenvalue weighted by atomic mass is 10.1. The number of amides is 4. The van der Waals surface area contributed by atoms with E-state index in [4.69, 9.17) is 21.7 Å². The van der Waals surface area contributed by atoms with Crippen LogP contribution in [0.15, 0.2) is 0 Å². The third-order valence-electron chi connectivity index (χ3n) is 3.93. The Labute approximate surface area is 188 Å². The zero-order chi connectivity index (χ0) is 24.1. The molecule has 0 saturated carbocycles. The fourth-order valence-corrected chi connectivity index (χ4v) is 2.67. The van der Waals surface area contributed by atoms with Crippen LogP contribution < -0.4 is 27.4 Å². The fraction of sp³-hybridized carbons (Fsp3) is 0.625. The predicted molar refractivity (Wildman–Crippen MR) is 114 cm³/mol. The van der Waals surface area contributed by atoms with Crippen molar-refractivity contribution in [2.45, 2.75) is 49.9 Å². The van der Waals surface area contributed by atoms with Gasteiger partial charge in [0.15, 0.2) is 0 Å². The fourth-order valence-electron chi connectivity index (χ4n) is 2.17. The zero-order valence-corrected chi connectivity index (χ0v) is 18.2. The van der Waals surface area contributed by atoms with Crippen molar-refractivity contribution in [3.8, 4) is 0 Å². The van der Waals surface area contributed by atoms with Crippen LogP contribution in [0, 0.1) is 0 Å². The molecule has 31 heavy (non-hydrogen) atoms. The number of nitrogens with two attached hydrogens (primary N) is 2. The van der Waals surface area contributed by atoms with Gasteiger partial charge in [-0.3, -0.25) is 24.0 Å². The Hall–Kier alpha value is -2.52. The van der Waals surface area contributed by atoms with E-state index in [0.717, 1.165) is 0 Å². The molecule has 4 atom stereocenters. The number of nitrogens with one attached hydrogen (secondary N) is 3. The second-order valence-corrected chi connectivity index (χ2v) is 7.16. The molecule has 0 aliphatic carbocycles. The molecule has 0 bridgehead atoms. The van der Waals surface area contributed by atoms with E-state index >= 15 is 0 Å². The van der Waals surface area contributed by atoms with Crippen molar-refractivity contribution in [2.75, 3.05) is 11.5 Å². The molecule has 0 fully saturated rings. The number of carboxylic acid groups (broad SMARTS) is 2. The van der Waals surface area contributed by atoms with E-state index in [9.17, 15) is 28.8 Å². The lowest BCUT2D eigenvalue weighted by Gasteiger charge is -2.24. The summed E-state index contributed by atoms with van der Waals surface area (Å²) in [5.74, 6) is -6.25. The van der Waals surface area contributed by atoms with Gasteiger partial charge in [-0.25, -0.2) is 4.79 Å². The predicted octanol–water partition coefficient (Wildman–Crippen LogP) is -3.16. The van der Waals surface area contributed by atoms with E-state index in [1.165, 1.54) is 0 Å². The second-order valence-electron chi connectivity index (χ2n) is 6.43. The maximum atomic E-state index is 12.5. The van der Waals surface area contributed by atoms with Crippen LogP contribution in [0.25, 0.3) is 0 Å². The minimum absolute atomic E-state index is 0.0496. The minimum atomic E-state index is -1.40. The van der Waals surface area contributed by atoms with Gasteiger partial charge in [0, 0.05) is 24.3 Å². The summed E-state index contributed by atoms with van der Waals surface area (Å²) >= 11 is 7.78. The molecule has 0 aromatic rings. The van der Waals surface area contributed by atoms with Gasteiger partial charge in [0.25, 0.3) is 0 Å². The number of thiol groups is 2. The first-order valence-corrected chi connectivity index (χ1v) is 10.3. The van der Waals surface area contributed by atoms with Crippen LogP contribution in [-0.4, -0.2) is 81.5 Å². The summed E-state index contributed by atoms with van der Waals surface area (Å²) < 4.78 is 0. The Morgan fingerprint density at radius 2 is 1.23 bits per heavy atom. The molecule has 4 amide bonds. The molecule has 13 nitrogen and oxygen atoms in total. The monoisotopic (exact) mass is 481 g/mol. The highest BCUT2D eigenvalue weighted by molar-refractivity contribution is 7.80. The lowest BCUT2D eigenvalue weighted by Crippen LogP contribution is -2.57. The first kappa shape index (κ1) is 28.5. The first-order valence-electron chi connectivity index (χ1n) is 9.04. The largest absolute Gasteiger partial charge is 0.481 e. The smallest absolute Gasteiger partial charge is 0.327 e. The number of aliphatic carboxylic acids is 2. The van der Waals surface area contributed by atoms with Gasteiger partial charge in [-0.05, 0) is 12.8 Å². The van der Waals surface area contributed by atoms with Crippen molar-refractivity contribution in [3.05, 3.63) is 0 Å². The molecule has 9 N–H and O–H groups in total. The second kappa shape index (κ2) is 14.5. The Kier molecular flexibility index (Phi) is 13.3. The van der Waals surface area contributed by atoms with Gasteiger partial charge in [-0.1, -0.05) is 0 Å². The number of carboxylic acids is 2. The number of primary amides is 1. The molecule has 0 rings (SSSR count). The molecule has 0 heterocycles. The Bertz CT molecular complexity index is 693. The van der Waals surface area contributed by atoms with Crippen molar-refractivity contribution in [2.24, 2.45) is 11.5 Å². The number of rotatable bonds is 15. The van der Waals surface area contributed by atoms with Gasteiger partial charge in [-0.2, -0.15) is 25.3 Å². The van der Waals surface area contributed by atoms with Crippen molar-refractivity contribution in [3.63, 3.8) is 0 Å². The van der Waals surface area contributed by atoms with Crippen LogP contribution in [0.5, 0.6) is 0 Å². The Balaban J connectivity index is 5.19. The summed E-state index contributed by atoms with van der Waals surface area (Å²) in [4.78, 5) is 69.7. The van der Waals surface area contributed by atoms with Crippen LogP contribution in [0.2, 0.25) is 0 Å². The zero-order valence-electron chi connectivity index (χ0n) is 16.4. The molecule has 0 aromatic carbocycles. The summed E-state index contributed by atoms with van der Waals surface area (Å²) in [6.45, 7) is 0. The average molecular weight is 482 g/mol. The molecule has 0 aromatic heterocycles. The molecule has 15 heteroatoms. The van der Waals surface area contributed by atoms with Crippen LogP contribution in [0.3, 0.4) is 0 Å². The quantitative estimate of drug-likeness (QED) is 0.107. The van der Waals surface area contributed by atoms with Gasteiger partial charge in [0.1, 0.15) is 18.1 Å². The highest BCUT2D eigenvalue weighted by Crippen LogP contribution is 2.03. The third kappa shape index (κ3) is 11.4. The highest BCUT2D eigenvalue weighted by Gasteiger charge is 2.29. The average Bonchev–Trinajstić information content (AvgIpc) is 2.70. The van der Waals surface area contributed by atoms with Crippen molar-refractivity contribution >= 4 is 60.8 Å². The molecule has 4 unspecified atom stereocenters. The molecule has 0 radical (unpaired) electrons. The van der Waals surface area contributed by atoms with Gasteiger partial charge in [0.2, 0.25) is 23.6 Å². The summed E-state index contributed by atoms with van der Waals surface area (Å²) in [7, 11) is 0. The third-order valence-corrected chi connectivity index (χ3v) is 4.66. The number of carbonyl (C=O) groups excluding carboxylic acids is 4. The topological polar surface area (TPSA) is 231 Å². The molecular weight excluding hydrogens is 454 g/mol. The number of carbonyl (C=O) groups is 6. The van der Waals surface area contributed by atoms with E-state index in [-0.39, 0.29) is 30.8 Å². The maximum Gasteiger partial charge on any atom is 0.327 e. The molecular formula is C16H27N5O8S2. The molecule has 176 valence electrons. The van der Waals surface area contributed by atoms with Gasteiger partial charge in [-0.15, -0.1) is 0 Å². The van der Waals surface area contributed by atoms with Crippen LogP contribution in [0.4, 0.5) is 0 Å². The van der Waals surface area contributed by atoms with Crippen molar-refractivity contribution < 1.29 is 39.0 Å². The van der Waals surface area contributed by atoms with E-state index in [2.05, 4.69) is 41.2 Å². The molecule has 0 aliphatic heterocycles. The maximum absolute atomic E-state index is 12.5. The van der Waals surface area contributed by atoms with Crippen molar-refractivity contribution in [1.29, 1.82) is 0 Å². The Morgan fingerprint density at radius 3 is 1.68 bits per heavy atom. The van der Waals surface area contributed by atoms with Gasteiger partial charge < -0.3 is 37.6 Å². The summed E-state index contributed by atoms with van der Waals surface area (Å²) in [5, 5.41) is 24.6. The van der Waals surface area contributed by atoms with Crippen LogP contribution in [-0.2, 0) is 28.8 Å². The number of hydrogen-bond donors (Lipinski definition) is 9. The normalized spacial score (nSPS) is 14.4. The molecule has 0 aliphatic rings. The standard InChI is InChI=1S/C16H27N5O8S2/c17-7(1-3-11(18)22)13(25)20-9(5-30)15(27)19-8(2-4-12(23)24)14(26)21-10(6-31)16(28)29/h7-10,30-31H,1-6,17H2,(H2,18,22)(H,19,27)(H,20,25)(H,21,26)(H,23,24)(H,28,29). The van der Waals surface area contributed by atoms with Crippen LogP contribution in [0.1, 0.15) is 25.7 Å². The lowest BCUT2D eigenvalue weighted by molar-refractivity contribution is -0.142. The highest BCUT2D eigenvalue weighted by atomic mass is 32.1. The summed E-state index contributed by atoms with van der Waals surface area (Å²) in [5.41, 5.74) is 10.6. The Morgan fingerprint density at radius 1 is 0.742 bits per heavy atom. The summed E-state index contributed by atoms with van der Waals surface area (Å²) in [6.07, 6.45) is -1.02. The SMILES string of the molecule is NC(=O)CCC(N)C(=O)NC(CS)C(=O)NC(CCC(=O)O)C(=O)NC(CS)C(=O)O. The first-order chi connectivity index (χ1) is 14.4. The molecule has 0 saturated heterocycles. The van der Waals surface area contributed by atoms with E-state index in [0.29, 0.717) is 0 Å². The van der Waals surface area contributed by atoms with E-state index < -0.39 is 66.2 Å². The van der Waals surface area contributed by atoms with E-state index in [1.54, 1.807) is 0 Å². The van der Waals surface area contributed by atoms with Crippen molar-refractivity contribution in [1.82, 2.24) is 16.0 Å². The minimum Gasteiger partial charge on any atom is -0.481 e.